The molecule has 0 spiro atoms. The summed E-state index contributed by atoms with van der Waals surface area (Å²) in [6.07, 6.45) is 0. The van der Waals surface area contributed by atoms with Gasteiger partial charge in [-0.15, -0.1) is 10.2 Å². The Kier molecular flexibility index (Phi) is 4.17. The van der Waals surface area contributed by atoms with Crippen molar-refractivity contribution in [3.05, 3.63) is 30.0 Å². The standard InChI is InChI=1S/C15H19N3O2/c1-4-18(9-10(2)3)14-11-7-5-6-8-12(11)16-17-13(14)15(19)20/h5-8,10H,4,9H2,1-3H3,(H,19,20). The van der Waals surface area contributed by atoms with Gasteiger partial charge in [-0.05, 0) is 18.9 Å². The quantitative estimate of drug-likeness (QED) is 0.907. The van der Waals surface area contributed by atoms with Crippen molar-refractivity contribution in [1.82, 2.24) is 10.2 Å². The average molecular weight is 273 g/mol. The summed E-state index contributed by atoms with van der Waals surface area (Å²) in [5.74, 6) is -0.607. The molecule has 0 saturated carbocycles. The molecule has 0 fully saturated rings. The van der Waals surface area contributed by atoms with E-state index < -0.39 is 5.97 Å². The van der Waals surface area contributed by atoms with E-state index in [0.29, 0.717) is 11.6 Å². The largest absolute Gasteiger partial charge is 0.476 e. The Labute approximate surface area is 118 Å². The van der Waals surface area contributed by atoms with Crippen LogP contribution in [0.4, 0.5) is 5.69 Å². The lowest BCUT2D eigenvalue weighted by Crippen LogP contribution is -2.29. The van der Waals surface area contributed by atoms with Crippen molar-refractivity contribution in [2.75, 3.05) is 18.0 Å². The third kappa shape index (κ3) is 2.71. The van der Waals surface area contributed by atoms with Gasteiger partial charge in [0.2, 0.25) is 0 Å². The molecule has 1 heterocycles. The fourth-order valence-electron chi connectivity index (χ4n) is 2.32. The number of hydrogen-bond acceptors (Lipinski definition) is 4. The first-order valence-corrected chi connectivity index (χ1v) is 6.78. The Balaban J connectivity index is 2.68. The van der Waals surface area contributed by atoms with Crippen LogP contribution in [0.5, 0.6) is 0 Å². The summed E-state index contributed by atoms with van der Waals surface area (Å²) in [5, 5.41) is 18.1. The molecule has 1 N–H and O–H groups in total. The summed E-state index contributed by atoms with van der Waals surface area (Å²) in [6.45, 7) is 7.75. The average Bonchev–Trinajstić information content (AvgIpc) is 2.43. The van der Waals surface area contributed by atoms with Gasteiger partial charge in [-0.3, -0.25) is 0 Å². The number of carboxylic acids is 1. The zero-order valence-corrected chi connectivity index (χ0v) is 12.0. The lowest BCUT2D eigenvalue weighted by molar-refractivity contribution is 0.0690. The Hall–Kier alpha value is -2.17. The smallest absolute Gasteiger partial charge is 0.358 e. The Morgan fingerprint density at radius 2 is 2.00 bits per heavy atom. The lowest BCUT2D eigenvalue weighted by Gasteiger charge is -2.27. The van der Waals surface area contributed by atoms with Crippen LogP contribution in [0.2, 0.25) is 0 Å². The topological polar surface area (TPSA) is 66.3 Å². The van der Waals surface area contributed by atoms with Crippen molar-refractivity contribution < 1.29 is 9.90 Å². The van der Waals surface area contributed by atoms with E-state index in [2.05, 4.69) is 28.9 Å². The van der Waals surface area contributed by atoms with Gasteiger partial charge in [0.25, 0.3) is 0 Å². The molecule has 0 atom stereocenters. The number of carbonyl (C=O) groups is 1. The molecule has 2 aromatic rings. The van der Waals surface area contributed by atoms with Gasteiger partial charge in [-0.25, -0.2) is 4.79 Å². The maximum absolute atomic E-state index is 11.4. The number of rotatable bonds is 5. The second-order valence-corrected chi connectivity index (χ2v) is 5.15. The van der Waals surface area contributed by atoms with Crippen molar-refractivity contribution in [3.63, 3.8) is 0 Å². The minimum absolute atomic E-state index is 0.0196. The van der Waals surface area contributed by atoms with Crippen LogP contribution in [0.3, 0.4) is 0 Å². The third-order valence-electron chi connectivity index (χ3n) is 3.13. The summed E-state index contributed by atoms with van der Waals surface area (Å²) in [6, 6.07) is 7.51. The second-order valence-electron chi connectivity index (χ2n) is 5.15. The van der Waals surface area contributed by atoms with Crippen LogP contribution in [0, 0.1) is 5.92 Å². The monoisotopic (exact) mass is 273 g/mol. The van der Waals surface area contributed by atoms with Crippen molar-refractivity contribution in [1.29, 1.82) is 0 Å². The van der Waals surface area contributed by atoms with E-state index in [0.717, 1.165) is 24.0 Å². The molecule has 0 unspecified atom stereocenters. The molecule has 0 aliphatic heterocycles. The minimum Gasteiger partial charge on any atom is -0.476 e. The van der Waals surface area contributed by atoms with Gasteiger partial charge in [0.1, 0.15) is 0 Å². The van der Waals surface area contributed by atoms with Crippen LogP contribution in [-0.4, -0.2) is 34.4 Å². The van der Waals surface area contributed by atoms with Crippen molar-refractivity contribution in [3.8, 4) is 0 Å². The second kappa shape index (κ2) is 5.86. The van der Waals surface area contributed by atoms with Crippen LogP contribution in [0.1, 0.15) is 31.3 Å². The zero-order chi connectivity index (χ0) is 14.7. The van der Waals surface area contributed by atoms with Gasteiger partial charge in [0, 0.05) is 18.5 Å². The van der Waals surface area contributed by atoms with Crippen LogP contribution in [0.25, 0.3) is 10.9 Å². The van der Waals surface area contributed by atoms with Crippen molar-refractivity contribution in [2.45, 2.75) is 20.8 Å². The summed E-state index contributed by atoms with van der Waals surface area (Å²) in [5.41, 5.74) is 1.40. The van der Waals surface area contributed by atoms with Gasteiger partial charge in [0.15, 0.2) is 5.69 Å². The zero-order valence-electron chi connectivity index (χ0n) is 12.0. The maximum Gasteiger partial charge on any atom is 0.358 e. The first-order chi connectivity index (χ1) is 9.54. The SMILES string of the molecule is CCN(CC(C)C)c1c(C(=O)O)nnc2ccccc12. The Morgan fingerprint density at radius 1 is 1.30 bits per heavy atom. The molecule has 1 aromatic carbocycles. The molecule has 5 nitrogen and oxygen atoms in total. The van der Waals surface area contributed by atoms with Crippen molar-refractivity contribution in [2.24, 2.45) is 5.92 Å². The molecular formula is C15H19N3O2. The molecule has 106 valence electrons. The van der Waals surface area contributed by atoms with E-state index >= 15 is 0 Å². The van der Waals surface area contributed by atoms with Gasteiger partial charge in [-0.2, -0.15) is 0 Å². The number of benzene rings is 1. The highest BCUT2D eigenvalue weighted by atomic mass is 16.4. The maximum atomic E-state index is 11.4. The summed E-state index contributed by atoms with van der Waals surface area (Å²) in [7, 11) is 0. The number of aromatic carboxylic acids is 1. The van der Waals surface area contributed by atoms with Crippen molar-refractivity contribution >= 4 is 22.6 Å². The van der Waals surface area contributed by atoms with E-state index in [9.17, 15) is 9.90 Å². The molecule has 20 heavy (non-hydrogen) atoms. The highest BCUT2D eigenvalue weighted by molar-refractivity contribution is 6.02. The highest BCUT2D eigenvalue weighted by Gasteiger charge is 2.21. The van der Waals surface area contributed by atoms with Crippen LogP contribution in [-0.2, 0) is 0 Å². The number of carboxylic acid groups (broad SMARTS) is 1. The molecule has 0 bridgehead atoms. The highest BCUT2D eigenvalue weighted by Crippen LogP contribution is 2.28. The summed E-state index contributed by atoms with van der Waals surface area (Å²) in [4.78, 5) is 13.5. The molecule has 2 rings (SSSR count). The predicted molar refractivity (Wildman–Crippen MR) is 79.2 cm³/mol. The lowest BCUT2D eigenvalue weighted by atomic mass is 10.1. The normalized spacial score (nSPS) is 11.0. The Bertz CT molecular complexity index is 626. The summed E-state index contributed by atoms with van der Waals surface area (Å²) >= 11 is 0. The minimum atomic E-state index is -1.04. The fourth-order valence-corrected chi connectivity index (χ4v) is 2.32. The Morgan fingerprint density at radius 3 is 2.60 bits per heavy atom. The number of fused-ring (bicyclic) bond motifs is 1. The van der Waals surface area contributed by atoms with Crippen LogP contribution < -0.4 is 4.90 Å². The van der Waals surface area contributed by atoms with E-state index in [1.54, 1.807) is 0 Å². The van der Waals surface area contributed by atoms with Crippen LogP contribution >= 0.6 is 0 Å². The number of aromatic nitrogens is 2. The third-order valence-corrected chi connectivity index (χ3v) is 3.13. The molecule has 1 aromatic heterocycles. The van der Waals surface area contributed by atoms with E-state index in [-0.39, 0.29) is 5.69 Å². The van der Waals surface area contributed by atoms with E-state index in [1.807, 2.05) is 31.2 Å². The van der Waals surface area contributed by atoms with Gasteiger partial charge in [-0.1, -0.05) is 32.0 Å². The molecule has 0 aliphatic carbocycles. The predicted octanol–water partition coefficient (Wildman–Crippen LogP) is 2.81. The van der Waals surface area contributed by atoms with Crippen LogP contribution in [0.15, 0.2) is 24.3 Å². The fraction of sp³-hybridized carbons (Fsp3) is 0.400. The molecule has 0 amide bonds. The number of hydrogen-bond donors (Lipinski definition) is 1. The molecule has 5 heteroatoms. The summed E-state index contributed by atoms with van der Waals surface area (Å²) < 4.78 is 0. The molecule has 0 saturated heterocycles. The number of nitrogens with zero attached hydrogens (tertiary/aromatic N) is 3. The van der Waals surface area contributed by atoms with Gasteiger partial charge in [0.05, 0.1) is 11.2 Å². The van der Waals surface area contributed by atoms with E-state index in [1.165, 1.54) is 0 Å². The van der Waals surface area contributed by atoms with Gasteiger partial charge < -0.3 is 10.0 Å². The number of anilines is 1. The molecular weight excluding hydrogens is 254 g/mol. The molecule has 0 aliphatic rings. The van der Waals surface area contributed by atoms with Gasteiger partial charge >= 0.3 is 5.97 Å². The molecule has 0 radical (unpaired) electrons. The first kappa shape index (κ1) is 14.2. The van der Waals surface area contributed by atoms with E-state index in [4.69, 9.17) is 0 Å². The first-order valence-electron chi connectivity index (χ1n) is 6.78.